The van der Waals surface area contributed by atoms with E-state index >= 15 is 0 Å². The maximum Gasteiger partial charge on any atom is 0.326 e. The van der Waals surface area contributed by atoms with Gasteiger partial charge in [-0.15, -0.1) is 0 Å². The number of carbonyl (C=O) groups excluding carboxylic acids is 11. The fraction of sp³-hybridized carbons (Fsp3) is 0.629. The van der Waals surface area contributed by atoms with E-state index in [1.165, 1.54) is 0 Å². The van der Waals surface area contributed by atoms with Crippen molar-refractivity contribution in [3.8, 4) is 0 Å². The Labute approximate surface area is 711 Å². The van der Waals surface area contributed by atoms with Crippen molar-refractivity contribution in [3.63, 3.8) is 0 Å². The second-order valence-electron chi connectivity index (χ2n) is 33.3. The van der Waals surface area contributed by atoms with Crippen LogP contribution in [0.4, 0.5) is 0 Å². The van der Waals surface area contributed by atoms with Crippen LogP contribution in [-0.2, 0) is 76.8 Å². The summed E-state index contributed by atoms with van der Waals surface area (Å²) in [6.07, 6.45) is 6.44. The molecule has 0 bridgehead atoms. The molecule has 3 aromatic carbocycles. The number of nitrogens with two attached hydrogens (primary N) is 6. The average molecular weight is 1680 g/mol. The number of benzene rings is 3. The summed E-state index contributed by atoms with van der Waals surface area (Å²) in [4.78, 5) is 168. The lowest BCUT2D eigenvalue weighted by atomic mass is 9.89. The number of guanidine groups is 3. The molecule has 672 valence electrons. The van der Waals surface area contributed by atoms with E-state index in [0.717, 1.165) is 16.7 Å². The molecule has 0 aliphatic rings. The number of aliphatic carboxylic acids is 1. The highest BCUT2D eigenvalue weighted by atomic mass is 16.4. The molecule has 0 aromatic heterocycles. The second-order valence-corrected chi connectivity index (χ2v) is 33.3. The number of hydrogen-bond donors (Lipinski definition) is 16. The predicted octanol–water partition coefficient (Wildman–Crippen LogP) is 5.85. The molecule has 0 fully saturated rings. The van der Waals surface area contributed by atoms with Crippen LogP contribution in [0.2, 0.25) is 0 Å². The minimum absolute atomic E-state index is 0.00301. The van der Waals surface area contributed by atoms with Gasteiger partial charge in [0.1, 0.15) is 6.04 Å². The zero-order valence-electron chi connectivity index (χ0n) is 73.5. The van der Waals surface area contributed by atoms with Gasteiger partial charge in [0.2, 0.25) is 35.4 Å². The van der Waals surface area contributed by atoms with Crippen LogP contribution >= 0.6 is 0 Å². The number of aliphatic hydroxyl groups is 3. The quantitative estimate of drug-likeness (QED) is 0.0179. The molecule has 0 unspecified atom stereocenters. The number of amides is 6. The number of carboxylic acids is 1. The first-order valence-corrected chi connectivity index (χ1v) is 42.4. The number of nitrogens with one attached hydrogen (secondary N) is 6. The zero-order chi connectivity index (χ0) is 90.7. The van der Waals surface area contributed by atoms with Crippen LogP contribution in [0.15, 0.2) is 106 Å². The minimum Gasteiger partial charge on any atom is -0.480 e. The van der Waals surface area contributed by atoms with Crippen molar-refractivity contribution in [2.75, 3.05) is 39.5 Å². The van der Waals surface area contributed by atoms with Crippen LogP contribution in [0.1, 0.15) is 210 Å². The van der Waals surface area contributed by atoms with E-state index in [1.54, 1.807) is 51.1 Å². The van der Waals surface area contributed by atoms with E-state index < -0.39 is 103 Å². The summed E-state index contributed by atoms with van der Waals surface area (Å²) in [5, 5.41) is 56.1. The Morgan fingerprint density at radius 3 is 0.817 bits per heavy atom. The summed E-state index contributed by atoms with van der Waals surface area (Å²) >= 11 is 0. The first-order valence-electron chi connectivity index (χ1n) is 42.4. The van der Waals surface area contributed by atoms with Crippen LogP contribution in [0.5, 0.6) is 0 Å². The maximum atomic E-state index is 13.4. The molecule has 0 heterocycles. The van der Waals surface area contributed by atoms with Gasteiger partial charge in [-0.3, -0.25) is 67.7 Å². The Kier molecular flexibility index (Phi) is 53.7. The predicted molar refractivity (Wildman–Crippen MR) is 469 cm³/mol. The lowest BCUT2D eigenvalue weighted by molar-refractivity contribution is -0.143. The van der Waals surface area contributed by atoms with Crippen LogP contribution in [0.3, 0.4) is 0 Å². The average Bonchev–Trinajstić information content (AvgIpc) is 0.862. The summed E-state index contributed by atoms with van der Waals surface area (Å²) in [5.41, 5.74) is 34.8. The van der Waals surface area contributed by atoms with Crippen molar-refractivity contribution in [1.82, 2.24) is 31.9 Å². The van der Waals surface area contributed by atoms with Gasteiger partial charge in [-0.2, -0.15) is 0 Å². The number of rotatable bonds is 57. The monoisotopic (exact) mass is 1680 g/mol. The standard InChI is InChI=1S/C31H51N5O5.C30H49N5O5.C28H45N5O6/c1-6-11-26(38)25(17-22-12-8-7-9-13-22)35-30(41)24(19-37)18-27(39)28(21(4)5)36-29(40)23(16-20(2)3)14-10-15-34-31(32)33;1-6-25(37)24(16-21-11-8-7-9-12-21)34-29(40)23(18-36)17-26(38)27(20(4)5)35-28(39)22(15-19(2)3)13-10-14-33-30(31)32;1-17(2)13-20(11-8-12-31-28(29)30)25(36)33-24(18(3)4)23(35)15-21(16-34)26(37)32-22(27(38)39)14-19-9-6-5-7-10-19/h7-9,12-13,20-21,23-25,28,37H,6,10-11,14-19H2,1-5H3,(H,35,41)(H,36,40)(H4,32,33,34);7-9,11-12,19-20,22-24,27,36H,6,10,13-18H2,1-5H3,(H,34,40)(H,35,39)(H4,31,32,33);5-7,9-10,17-18,20-22,24,34H,8,11-16H2,1-4H3,(H,32,37)(H,33,36)(H,38,39)(H4,29,30,31)/t23-,24+,25+,28+;22-,23+,24+,27+;20-,21+,22+,24+/m111/s1. The van der Waals surface area contributed by atoms with Crippen molar-refractivity contribution in [1.29, 1.82) is 0 Å². The molecule has 12 atom stereocenters. The van der Waals surface area contributed by atoms with Crippen LogP contribution in [0, 0.1) is 71.0 Å². The first kappa shape index (κ1) is 108. The van der Waals surface area contributed by atoms with Crippen molar-refractivity contribution in [2.45, 2.75) is 249 Å². The number of aliphatic imine (C=N–C) groups is 3. The molecular weight excluding hydrogens is 1540 g/mol. The highest BCUT2D eigenvalue weighted by molar-refractivity contribution is 5.97. The minimum atomic E-state index is -1.22. The van der Waals surface area contributed by atoms with Gasteiger partial charge in [0, 0.05) is 75.9 Å². The molecule has 3 aromatic rings. The molecule has 22 N–H and O–H groups in total. The zero-order valence-corrected chi connectivity index (χ0v) is 73.5. The van der Waals surface area contributed by atoms with Crippen LogP contribution in [-0.4, -0.2) is 184 Å². The summed E-state index contributed by atoms with van der Waals surface area (Å²) in [5.74, 6) is -9.31. The number of ketones is 5. The Morgan fingerprint density at radius 2 is 0.592 bits per heavy atom. The van der Waals surface area contributed by atoms with E-state index in [4.69, 9.17) is 34.4 Å². The second kappa shape index (κ2) is 59.6. The highest BCUT2D eigenvalue weighted by Crippen LogP contribution is 2.25. The molecule has 3 rings (SSSR count). The van der Waals surface area contributed by atoms with E-state index in [-0.39, 0.29) is 144 Å². The smallest absolute Gasteiger partial charge is 0.326 e. The van der Waals surface area contributed by atoms with Gasteiger partial charge >= 0.3 is 5.97 Å². The lowest BCUT2D eigenvalue weighted by Gasteiger charge is -2.27. The number of carboxylic acid groups (broad SMARTS) is 1. The molecule has 0 aliphatic heterocycles. The fourth-order valence-corrected chi connectivity index (χ4v) is 13.7. The molecule has 0 radical (unpaired) electrons. The van der Waals surface area contributed by atoms with Crippen LogP contribution < -0.4 is 66.3 Å². The van der Waals surface area contributed by atoms with Gasteiger partial charge in [-0.05, 0) is 129 Å². The summed E-state index contributed by atoms with van der Waals surface area (Å²) in [7, 11) is 0. The maximum absolute atomic E-state index is 13.4. The Balaban J connectivity index is 0.000000900. The van der Waals surface area contributed by atoms with Crippen molar-refractivity contribution in [3.05, 3.63) is 108 Å². The topological polar surface area (TPSA) is 551 Å². The van der Waals surface area contributed by atoms with Gasteiger partial charge in [0.05, 0.1) is 67.8 Å². The number of nitrogens with zero attached hydrogens (tertiary/aromatic N) is 3. The highest BCUT2D eigenvalue weighted by Gasteiger charge is 2.37. The van der Waals surface area contributed by atoms with Gasteiger partial charge in [-0.25, -0.2) is 4.79 Å². The summed E-state index contributed by atoms with van der Waals surface area (Å²) < 4.78 is 0. The Bertz CT molecular complexity index is 3680. The Hall–Kier alpha value is -10.0. The number of hydrogen-bond acceptors (Lipinski definition) is 18. The van der Waals surface area contributed by atoms with Crippen LogP contribution in [0.25, 0.3) is 0 Å². The molecule has 0 aliphatic carbocycles. The van der Waals surface area contributed by atoms with Gasteiger partial charge < -0.3 is 86.7 Å². The lowest BCUT2D eigenvalue weighted by Crippen LogP contribution is -2.49. The molecule has 0 spiro atoms. The largest absolute Gasteiger partial charge is 0.480 e. The van der Waals surface area contributed by atoms with Crippen molar-refractivity contribution in [2.24, 2.45) is 120 Å². The third-order valence-electron chi connectivity index (χ3n) is 20.2. The normalized spacial score (nSPS) is 14.2. The van der Waals surface area contributed by atoms with E-state index in [1.807, 2.05) is 137 Å². The molecule has 31 nitrogen and oxygen atoms in total. The van der Waals surface area contributed by atoms with Gasteiger partial charge in [-0.1, -0.05) is 188 Å². The number of aliphatic hydroxyl groups excluding tert-OH is 3. The summed E-state index contributed by atoms with van der Waals surface area (Å²) in [6.45, 7) is 26.1. The third kappa shape index (κ3) is 44.9. The Morgan fingerprint density at radius 1 is 0.342 bits per heavy atom. The van der Waals surface area contributed by atoms with E-state index in [0.29, 0.717) is 103 Å². The van der Waals surface area contributed by atoms with E-state index in [9.17, 15) is 78.0 Å². The molecule has 6 amide bonds. The number of carbonyl (C=O) groups is 12. The van der Waals surface area contributed by atoms with E-state index in [2.05, 4.69) is 46.9 Å². The molecule has 0 saturated heterocycles. The number of Topliss-reactive ketones (excluding diaryl/α,β-unsaturated/α-hetero) is 5. The van der Waals surface area contributed by atoms with Gasteiger partial charge in [0.25, 0.3) is 0 Å². The molecular formula is C89H145N15O16. The van der Waals surface area contributed by atoms with Gasteiger partial charge in [0.15, 0.2) is 46.8 Å². The third-order valence-corrected chi connectivity index (χ3v) is 20.2. The molecule has 120 heavy (non-hydrogen) atoms. The SMILES string of the molecule is CC(C)C[C@@H](CCCN=C(N)N)C(=O)N[C@H](C(=O)C[C@@H](CO)C(=O)N[C@@H](Cc1ccccc1)C(=O)O)C(C)C.CCC(=O)[C@H](Cc1ccccc1)NC(=O)[C@H](CO)CC(=O)[C@@H](NC(=O)[C@H](CCCN=C(N)N)CC(C)C)C(C)C.CCCC(=O)[C@H](Cc1ccccc1)NC(=O)[C@H](CO)CC(=O)[C@@H](NC(=O)[C@H](CCCN=C(N)N)CC(C)C)C(C)C. The van der Waals surface area contributed by atoms with Crippen molar-refractivity contribution >= 4 is 88.2 Å². The fourth-order valence-electron chi connectivity index (χ4n) is 13.7. The summed E-state index contributed by atoms with van der Waals surface area (Å²) in [6, 6.07) is 22.3. The molecule has 31 heteroatoms. The first-order chi connectivity index (χ1) is 56.6. The molecule has 0 saturated carbocycles. The van der Waals surface area contributed by atoms with Crippen molar-refractivity contribution < 1.29 is 78.0 Å².